The molecule has 0 bridgehead atoms. The van der Waals surface area contributed by atoms with Gasteiger partial charge in [0.15, 0.2) is 5.11 Å². The highest BCUT2D eigenvalue weighted by Crippen LogP contribution is 2.40. The van der Waals surface area contributed by atoms with E-state index in [-0.39, 0.29) is 18.0 Å². The van der Waals surface area contributed by atoms with Gasteiger partial charge in [-0.15, -0.1) is 0 Å². The van der Waals surface area contributed by atoms with Crippen LogP contribution in [0, 0.1) is 20.8 Å². The smallest absolute Gasteiger partial charge is 0.226 e. The summed E-state index contributed by atoms with van der Waals surface area (Å²) >= 11 is 5.75. The Morgan fingerprint density at radius 1 is 1.15 bits per heavy atom. The number of pyridine rings is 1. The molecule has 2 aromatic heterocycles. The van der Waals surface area contributed by atoms with Crippen LogP contribution in [0.3, 0.4) is 0 Å². The average Bonchev–Trinajstić information content (AvgIpc) is 3.29. The first kappa shape index (κ1) is 23.0. The van der Waals surface area contributed by atoms with Crippen LogP contribution < -0.4 is 10.6 Å². The van der Waals surface area contributed by atoms with Crippen molar-refractivity contribution in [2.45, 2.75) is 52.7 Å². The number of benzene rings is 1. The first-order valence-electron chi connectivity index (χ1n) is 11.4. The molecule has 2 atom stereocenters. The third kappa shape index (κ3) is 4.78. The van der Waals surface area contributed by atoms with Gasteiger partial charge in [0.1, 0.15) is 0 Å². The van der Waals surface area contributed by atoms with E-state index < -0.39 is 0 Å². The molecule has 0 radical (unpaired) electrons. The summed E-state index contributed by atoms with van der Waals surface area (Å²) in [6, 6.07) is 15.9. The highest BCUT2D eigenvalue weighted by molar-refractivity contribution is 7.80. The number of nitrogens with zero attached hydrogens (tertiary/aromatic N) is 3. The van der Waals surface area contributed by atoms with Gasteiger partial charge in [0.05, 0.1) is 17.8 Å². The van der Waals surface area contributed by atoms with Gasteiger partial charge in [-0.2, -0.15) is 0 Å². The van der Waals surface area contributed by atoms with Crippen LogP contribution in [0.4, 0.5) is 5.69 Å². The molecule has 1 aromatic carbocycles. The molecule has 33 heavy (non-hydrogen) atoms. The van der Waals surface area contributed by atoms with Gasteiger partial charge in [0.2, 0.25) is 5.91 Å². The van der Waals surface area contributed by atoms with Crippen LogP contribution in [0.5, 0.6) is 0 Å². The van der Waals surface area contributed by atoms with Gasteiger partial charge >= 0.3 is 0 Å². The summed E-state index contributed by atoms with van der Waals surface area (Å²) in [5, 5.41) is 7.12. The Labute approximate surface area is 201 Å². The fraction of sp³-hybridized carbons (Fsp3) is 0.346. The summed E-state index contributed by atoms with van der Waals surface area (Å²) in [4.78, 5) is 19.5. The van der Waals surface area contributed by atoms with E-state index in [1.807, 2.05) is 55.6 Å². The maximum Gasteiger partial charge on any atom is 0.226 e. The van der Waals surface area contributed by atoms with Crippen molar-refractivity contribution in [3.05, 3.63) is 82.9 Å². The summed E-state index contributed by atoms with van der Waals surface area (Å²) in [5.41, 5.74) is 6.58. The molecule has 1 saturated heterocycles. The Morgan fingerprint density at radius 2 is 1.91 bits per heavy atom. The summed E-state index contributed by atoms with van der Waals surface area (Å²) < 4.78 is 2.31. The van der Waals surface area contributed by atoms with Gasteiger partial charge in [0, 0.05) is 42.8 Å². The van der Waals surface area contributed by atoms with E-state index in [2.05, 4.69) is 51.9 Å². The lowest BCUT2D eigenvalue weighted by Gasteiger charge is -2.28. The minimum atomic E-state index is -0.0790. The number of amides is 1. The topological polar surface area (TPSA) is 62.2 Å². The predicted molar refractivity (Wildman–Crippen MR) is 136 cm³/mol. The molecule has 3 heterocycles. The van der Waals surface area contributed by atoms with Crippen molar-refractivity contribution < 1.29 is 4.79 Å². The van der Waals surface area contributed by atoms with E-state index in [0.717, 1.165) is 23.5 Å². The second kappa shape index (κ2) is 9.75. The number of aromatic nitrogens is 2. The molecule has 6 nitrogen and oxygen atoms in total. The molecular weight excluding hydrogens is 430 g/mol. The molecule has 0 saturated carbocycles. The molecule has 1 aliphatic rings. The lowest BCUT2D eigenvalue weighted by atomic mass is 9.96. The first-order valence-corrected chi connectivity index (χ1v) is 11.8. The number of anilines is 1. The normalized spacial score (nSPS) is 17.8. The highest BCUT2D eigenvalue weighted by atomic mass is 32.1. The number of hydrogen-bond acceptors (Lipinski definition) is 3. The number of nitrogens with one attached hydrogen (secondary N) is 2. The maximum absolute atomic E-state index is 12.7. The predicted octanol–water partition coefficient (Wildman–Crippen LogP) is 4.83. The van der Waals surface area contributed by atoms with Gasteiger partial charge in [-0.1, -0.05) is 23.8 Å². The molecule has 3 aromatic rings. The van der Waals surface area contributed by atoms with E-state index in [1.165, 1.54) is 17.0 Å². The minimum absolute atomic E-state index is 0.0271. The number of aryl methyl sites for hydroxylation is 2. The van der Waals surface area contributed by atoms with Gasteiger partial charge in [-0.3, -0.25) is 9.78 Å². The third-order valence-electron chi connectivity index (χ3n) is 6.36. The summed E-state index contributed by atoms with van der Waals surface area (Å²) in [6.45, 7) is 9.91. The summed E-state index contributed by atoms with van der Waals surface area (Å²) in [7, 11) is 0. The molecule has 4 rings (SSSR count). The van der Waals surface area contributed by atoms with Crippen molar-refractivity contribution in [1.82, 2.24) is 19.8 Å². The van der Waals surface area contributed by atoms with Gasteiger partial charge in [0.25, 0.3) is 0 Å². The van der Waals surface area contributed by atoms with Crippen molar-refractivity contribution in [3.63, 3.8) is 0 Å². The molecule has 0 aliphatic carbocycles. The second-order valence-corrected chi connectivity index (χ2v) is 8.94. The Balaban J connectivity index is 1.59. The van der Waals surface area contributed by atoms with Crippen molar-refractivity contribution in [2.24, 2.45) is 0 Å². The lowest BCUT2D eigenvalue weighted by Crippen LogP contribution is -2.32. The third-order valence-corrected chi connectivity index (χ3v) is 6.71. The Hall–Kier alpha value is -3.19. The Bertz CT molecular complexity index is 1140. The van der Waals surface area contributed by atoms with Crippen LogP contribution in [-0.2, 0) is 11.3 Å². The molecule has 7 heteroatoms. The van der Waals surface area contributed by atoms with E-state index in [0.29, 0.717) is 18.1 Å². The second-order valence-electron chi connectivity index (χ2n) is 8.55. The molecule has 1 amide bonds. The van der Waals surface area contributed by atoms with Crippen molar-refractivity contribution in [2.75, 3.05) is 11.9 Å². The van der Waals surface area contributed by atoms with E-state index in [9.17, 15) is 4.79 Å². The molecule has 1 aliphatic heterocycles. The van der Waals surface area contributed by atoms with Crippen LogP contribution >= 0.6 is 12.2 Å². The zero-order valence-corrected chi connectivity index (χ0v) is 20.4. The zero-order valence-electron chi connectivity index (χ0n) is 19.6. The number of carbonyl (C=O) groups excluding carboxylic acids is 1. The quantitative estimate of drug-likeness (QED) is 0.494. The van der Waals surface area contributed by atoms with Crippen LogP contribution in [0.15, 0.2) is 54.7 Å². The number of hydrogen-bond donors (Lipinski definition) is 2. The summed E-state index contributed by atoms with van der Waals surface area (Å²) in [5.74, 6) is -0.0271. The van der Waals surface area contributed by atoms with E-state index >= 15 is 0 Å². The largest absolute Gasteiger partial charge is 0.352 e. The van der Waals surface area contributed by atoms with Gasteiger partial charge in [-0.05, 0) is 75.8 Å². The minimum Gasteiger partial charge on any atom is -0.352 e. The average molecular weight is 462 g/mol. The number of carbonyl (C=O) groups is 1. The van der Waals surface area contributed by atoms with Gasteiger partial charge in [-0.25, -0.2) is 0 Å². The molecule has 2 unspecified atom stereocenters. The lowest BCUT2D eigenvalue weighted by molar-refractivity contribution is -0.116. The van der Waals surface area contributed by atoms with Gasteiger partial charge < -0.3 is 20.1 Å². The van der Waals surface area contributed by atoms with E-state index in [1.54, 1.807) is 0 Å². The number of thiocarbonyl (C=S) groups is 1. The standard InChI is InChI=1S/C26H31N5OS/c1-5-30-18(3)16-21(19(30)4)25-24(22-8-6-7-14-27-22)29-26(33)31(25)15-13-23(32)28-20-11-9-17(2)10-12-20/h6-12,14,16,24-25H,5,13,15H2,1-4H3,(H,28,32)(H,29,33). The van der Waals surface area contributed by atoms with Crippen molar-refractivity contribution in [3.8, 4) is 0 Å². The SMILES string of the molecule is CCn1c(C)cc(C2C(c3ccccn3)NC(=S)N2CCC(=O)Nc2ccc(C)cc2)c1C. The molecule has 1 fully saturated rings. The maximum atomic E-state index is 12.7. The fourth-order valence-electron chi connectivity index (χ4n) is 4.68. The molecular formula is C26H31N5OS. The van der Waals surface area contributed by atoms with Crippen LogP contribution in [0.2, 0.25) is 0 Å². The zero-order chi connectivity index (χ0) is 23.5. The first-order chi connectivity index (χ1) is 15.9. The Morgan fingerprint density at radius 3 is 2.55 bits per heavy atom. The van der Waals surface area contributed by atoms with Crippen LogP contribution in [0.25, 0.3) is 0 Å². The number of rotatable bonds is 7. The van der Waals surface area contributed by atoms with Crippen LogP contribution in [-0.4, -0.2) is 32.0 Å². The fourth-order valence-corrected chi connectivity index (χ4v) is 5.01. The van der Waals surface area contributed by atoms with Crippen molar-refractivity contribution >= 4 is 28.9 Å². The Kier molecular flexibility index (Phi) is 6.79. The molecule has 0 spiro atoms. The molecule has 172 valence electrons. The van der Waals surface area contributed by atoms with E-state index in [4.69, 9.17) is 12.2 Å². The monoisotopic (exact) mass is 461 g/mol. The van der Waals surface area contributed by atoms with Crippen molar-refractivity contribution in [1.29, 1.82) is 0 Å². The summed E-state index contributed by atoms with van der Waals surface area (Å²) in [6.07, 6.45) is 2.15. The van der Waals surface area contributed by atoms with Crippen LogP contribution in [0.1, 0.15) is 53.6 Å². The highest BCUT2D eigenvalue weighted by Gasteiger charge is 2.41. The molecule has 2 N–H and O–H groups in total.